The summed E-state index contributed by atoms with van der Waals surface area (Å²) in [6.45, 7) is 9.50. The molecule has 4 heterocycles. The number of hydrogen-bond acceptors (Lipinski definition) is 8. The molecule has 1 N–H and O–H groups in total. The SMILES string of the molecule is Cc1c(S(=O)(=O)NC(=O)c2ccc(-n3ccc(OCC4CCC4)n3)nc2N2C[C@](C)([SiH3])CC2(C)C)cnn1C. The summed E-state index contributed by atoms with van der Waals surface area (Å²) in [5, 5.41) is 8.66. The zero-order valence-electron chi connectivity index (χ0n) is 23.4. The number of aromatic nitrogens is 5. The third-order valence-electron chi connectivity index (χ3n) is 7.79. The van der Waals surface area contributed by atoms with Crippen molar-refractivity contribution in [3.05, 3.63) is 41.9 Å². The molecule has 1 saturated carbocycles. The van der Waals surface area contributed by atoms with Crippen molar-refractivity contribution >= 4 is 32.0 Å². The fourth-order valence-electron chi connectivity index (χ4n) is 5.62. The summed E-state index contributed by atoms with van der Waals surface area (Å²) in [5.41, 5.74) is 0.340. The van der Waals surface area contributed by atoms with Crippen LogP contribution < -0.4 is 14.4 Å². The zero-order valence-corrected chi connectivity index (χ0v) is 26.2. The summed E-state index contributed by atoms with van der Waals surface area (Å²) < 4.78 is 37.4. The largest absolute Gasteiger partial charge is 0.476 e. The number of anilines is 1. The monoisotopic (exact) mass is 571 g/mol. The second-order valence-corrected chi connectivity index (χ2v) is 16.2. The lowest BCUT2D eigenvalue weighted by molar-refractivity contribution is 0.0981. The molecule has 3 aromatic heterocycles. The van der Waals surface area contributed by atoms with Gasteiger partial charge in [-0.1, -0.05) is 13.3 Å². The Hall–Kier alpha value is -3.19. The van der Waals surface area contributed by atoms with Crippen molar-refractivity contribution in [2.24, 2.45) is 13.0 Å². The van der Waals surface area contributed by atoms with Gasteiger partial charge in [0, 0.05) is 41.6 Å². The van der Waals surface area contributed by atoms with Crippen molar-refractivity contribution < 1.29 is 17.9 Å². The minimum absolute atomic E-state index is 0.0379. The lowest BCUT2D eigenvalue weighted by Gasteiger charge is -2.34. The normalized spacial score (nSPS) is 21.2. The number of nitrogens with zero attached hydrogens (tertiary/aromatic N) is 6. The third-order valence-corrected chi connectivity index (χ3v) is 9.89. The standard InChI is InChI=1S/C26H37N7O4SSi/c1-17-20(13-27-31(17)5)38(35,36)30-24(34)19-9-10-21(28-23(19)32-16-26(4,39)15-25(32,2)3)33-12-11-22(29-33)37-14-18-7-6-8-18/h9-13,18H,6-8,14-16H2,1-5,39H3,(H,30,34)/t26-/m1/s1. The Labute approximate surface area is 232 Å². The quantitative estimate of drug-likeness (QED) is 0.408. The Morgan fingerprint density at radius 1 is 1.23 bits per heavy atom. The van der Waals surface area contributed by atoms with Crippen LogP contribution in [0, 0.1) is 12.8 Å². The van der Waals surface area contributed by atoms with Crippen molar-refractivity contribution in [3.8, 4) is 11.7 Å². The molecule has 0 radical (unpaired) electrons. The van der Waals surface area contributed by atoms with Crippen molar-refractivity contribution in [1.82, 2.24) is 29.3 Å². The molecule has 3 aromatic rings. The smallest absolute Gasteiger partial charge is 0.268 e. The van der Waals surface area contributed by atoms with E-state index in [1.807, 2.05) is 0 Å². The van der Waals surface area contributed by atoms with E-state index in [-0.39, 0.29) is 21.0 Å². The van der Waals surface area contributed by atoms with Gasteiger partial charge < -0.3 is 9.64 Å². The Kier molecular flexibility index (Phi) is 6.86. The van der Waals surface area contributed by atoms with Crippen molar-refractivity contribution in [3.63, 3.8) is 0 Å². The first-order chi connectivity index (χ1) is 18.3. The number of ether oxygens (including phenoxy) is 1. The van der Waals surface area contributed by atoms with Crippen LogP contribution in [0.25, 0.3) is 5.82 Å². The molecule has 1 amide bonds. The van der Waals surface area contributed by atoms with E-state index in [1.165, 1.54) is 30.1 Å². The molecule has 13 heteroatoms. The molecule has 0 unspecified atom stereocenters. The van der Waals surface area contributed by atoms with Gasteiger partial charge in [0.1, 0.15) is 10.7 Å². The van der Waals surface area contributed by atoms with Gasteiger partial charge in [0.25, 0.3) is 15.9 Å². The minimum atomic E-state index is -4.14. The fourth-order valence-corrected chi connectivity index (χ4v) is 7.98. The maximum Gasteiger partial charge on any atom is 0.268 e. The van der Waals surface area contributed by atoms with Gasteiger partial charge in [-0.25, -0.2) is 22.8 Å². The number of nitrogens with one attached hydrogen (secondary N) is 1. The highest BCUT2D eigenvalue weighted by molar-refractivity contribution is 7.90. The van der Waals surface area contributed by atoms with Crippen LogP contribution in [-0.2, 0) is 17.1 Å². The Morgan fingerprint density at radius 2 is 1.97 bits per heavy atom. The van der Waals surface area contributed by atoms with Gasteiger partial charge in [-0.2, -0.15) is 5.10 Å². The molecule has 1 aliphatic carbocycles. The number of sulfonamides is 1. The minimum Gasteiger partial charge on any atom is -0.476 e. The molecule has 39 heavy (non-hydrogen) atoms. The summed E-state index contributed by atoms with van der Waals surface area (Å²) in [6, 6.07) is 5.10. The van der Waals surface area contributed by atoms with E-state index in [4.69, 9.17) is 9.72 Å². The second-order valence-electron chi connectivity index (χ2n) is 12.1. The van der Waals surface area contributed by atoms with Gasteiger partial charge in [-0.3, -0.25) is 9.48 Å². The van der Waals surface area contributed by atoms with Crippen LogP contribution in [0.1, 0.15) is 62.5 Å². The van der Waals surface area contributed by atoms with Crippen LogP contribution >= 0.6 is 0 Å². The number of carbonyl (C=O) groups excluding carboxylic acids is 1. The zero-order chi connectivity index (χ0) is 28.2. The maximum absolute atomic E-state index is 13.5. The summed E-state index contributed by atoms with van der Waals surface area (Å²) in [7, 11) is -1.52. The summed E-state index contributed by atoms with van der Waals surface area (Å²) >= 11 is 0. The van der Waals surface area contributed by atoms with E-state index in [9.17, 15) is 13.2 Å². The highest BCUT2D eigenvalue weighted by Crippen LogP contribution is 2.46. The lowest BCUT2D eigenvalue weighted by Crippen LogP contribution is -2.41. The molecule has 2 aliphatic rings. The highest BCUT2D eigenvalue weighted by Gasteiger charge is 2.45. The molecule has 2 fully saturated rings. The van der Waals surface area contributed by atoms with Crippen LogP contribution in [0.15, 0.2) is 35.5 Å². The first-order valence-corrected chi connectivity index (χ1v) is 15.8. The van der Waals surface area contributed by atoms with Crippen LogP contribution in [0.2, 0.25) is 5.04 Å². The number of pyridine rings is 1. The molecule has 0 bridgehead atoms. The molecular weight excluding hydrogens is 534 g/mol. The molecular formula is C26H37N7O4SSi. The van der Waals surface area contributed by atoms with Crippen LogP contribution in [0.4, 0.5) is 5.82 Å². The summed E-state index contributed by atoms with van der Waals surface area (Å²) in [4.78, 5) is 20.5. The maximum atomic E-state index is 13.5. The molecule has 1 aliphatic heterocycles. The Morgan fingerprint density at radius 3 is 2.56 bits per heavy atom. The third kappa shape index (κ3) is 5.46. The molecule has 1 atom stereocenters. The highest BCUT2D eigenvalue weighted by atomic mass is 32.2. The first-order valence-electron chi connectivity index (χ1n) is 13.3. The van der Waals surface area contributed by atoms with Gasteiger partial charge >= 0.3 is 0 Å². The molecule has 210 valence electrons. The van der Waals surface area contributed by atoms with Crippen molar-refractivity contribution in [1.29, 1.82) is 0 Å². The molecule has 11 nitrogen and oxygen atoms in total. The van der Waals surface area contributed by atoms with E-state index >= 15 is 0 Å². The van der Waals surface area contributed by atoms with E-state index < -0.39 is 15.9 Å². The molecule has 5 rings (SSSR count). The van der Waals surface area contributed by atoms with E-state index in [0.29, 0.717) is 42.3 Å². The average Bonchev–Trinajstić information content (AvgIpc) is 3.47. The number of rotatable bonds is 8. The van der Waals surface area contributed by atoms with Gasteiger partial charge in [0.05, 0.1) is 24.1 Å². The number of amides is 1. The van der Waals surface area contributed by atoms with Gasteiger partial charge in [0.15, 0.2) is 5.82 Å². The topological polar surface area (TPSA) is 124 Å². The van der Waals surface area contributed by atoms with Crippen molar-refractivity contribution in [2.45, 2.75) is 68.9 Å². The predicted molar refractivity (Wildman–Crippen MR) is 151 cm³/mol. The van der Waals surface area contributed by atoms with Gasteiger partial charge in [-0.05, 0) is 63.1 Å². The number of hydrogen-bond donors (Lipinski definition) is 1. The summed E-state index contributed by atoms with van der Waals surface area (Å²) in [5.74, 6) is 1.33. The van der Waals surface area contributed by atoms with Gasteiger partial charge in [-0.15, -0.1) is 5.10 Å². The van der Waals surface area contributed by atoms with E-state index in [1.54, 1.807) is 43.0 Å². The second kappa shape index (κ2) is 9.77. The van der Waals surface area contributed by atoms with E-state index in [0.717, 1.165) is 16.7 Å². The Bertz CT molecular complexity index is 1510. The lowest BCUT2D eigenvalue weighted by atomic mass is 9.86. The number of aryl methyl sites for hydroxylation is 1. The predicted octanol–water partition coefficient (Wildman–Crippen LogP) is 2.14. The first kappa shape index (κ1) is 27.4. The molecule has 0 spiro atoms. The van der Waals surface area contributed by atoms with Crippen LogP contribution in [0.5, 0.6) is 5.88 Å². The molecule has 1 saturated heterocycles. The molecule has 0 aromatic carbocycles. The van der Waals surface area contributed by atoms with Crippen LogP contribution in [-0.4, -0.2) is 67.8 Å². The van der Waals surface area contributed by atoms with Gasteiger partial charge in [0.2, 0.25) is 5.88 Å². The fraction of sp³-hybridized carbons (Fsp3) is 0.538. The Balaban J connectivity index is 1.49. The van der Waals surface area contributed by atoms with E-state index in [2.05, 4.69) is 40.6 Å². The average molecular weight is 572 g/mol. The number of carbonyl (C=O) groups is 1. The summed E-state index contributed by atoms with van der Waals surface area (Å²) in [6.07, 6.45) is 7.60. The van der Waals surface area contributed by atoms with Crippen molar-refractivity contribution in [2.75, 3.05) is 18.1 Å². The van der Waals surface area contributed by atoms with Crippen LogP contribution in [0.3, 0.4) is 0 Å².